The minimum Gasteiger partial charge on any atom is -0.466 e. The summed E-state index contributed by atoms with van der Waals surface area (Å²) in [6.07, 6.45) is 2.04. The van der Waals surface area contributed by atoms with Crippen LogP contribution >= 0.6 is 0 Å². The van der Waals surface area contributed by atoms with Gasteiger partial charge < -0.3 is 4.74 Å². The van der Waals surface area contributed by atoms with Crippen LogP contribution in [0.4, 0.5) is 0 Å². The molecule has 1 heterocycles. The topological polar surface area (TPSA) is 63.7 Å². The summed E-state index contributed by atoms with van der Waals surface area (Å²) >= 11 is 0. The van der Waals surface area contributed by atoms with Crippen LogP contribution in [0.3, 0.4) is 0 Å². The van der Waals surface area contributed by atoms with Crippen molar-refractivity contribution in [2.75, 3.05) is 13.7 Å². The molecule has 1 aromatic carbocycles. The number of hydrogen-bond donors (Lipinski definition) is 0. The number of esters is 1. The molecule has 0 bridgehead atoms. The van der Waals surface area contributed by atoms with Crippen molar-refractivity contribution in [3.8, 4) is 0 Å². The van der Waals surface area contributed by atoms with Gasteiger partial charge in [0.2, 0.25) is 0 Å². The molecule has 0 atom stereocenters. The molecule has 0 fully saturated rings. The number of ether oxygens (including phenoxy) is 1. The second-order valence-electron chi connectivity index (χ2n) is 4.34. The average Bonchev–Trinajstić information content (AvgIpc) is 2.72. The van der Waals surface area contributed by atoms with E-state index in [-0.39, 0.29) is 18.4 Å². The van der Waals surface area contributed by atoms with Gasteiger partial charge in [0.15, 0.2) is 0 Å². The number of amides is 2. The second-order valence-corrected chi connectivity index (χ2v) is 4.34. The monoisotopic (exact) mass is 273 g/mol. The maximum Gasteiger partial charge on any atom is 0.333 e. The first kappa shape index (κ1) is 14.0. The van der Waals surface area contributed by atoms with Gasteiger partial charge in [-0.15, -0.1) is 0 Å². The lowest BCUT2D eigenvalue weighted by molar-refractivity contribution is -0.136. The third kappa shape index (κ3) is 2.34. The molecule has 0 saturated heterocycles. The Morgan fingerprint density at radius 2 is 1.75 bits per heavy atom. The molecule has 0 spiro atoms. The first-order valence-corrected chi connectivity index (χ1v) is 6.32. The van der Waals surface area contributed by atoms with Crippen LogP contribution in [0, 0.1) is 0 Å². The summed E-state index contributed by atoms with van der Waals surface area (Å²) in [5.74, 6) is -1.10. The van der Waals surface area contributed by atoms with Gasteiger partial charge in [0, 0.05) is 12.1 Å². The van der Waals surface area contributed by atoms with Gasteiger partial charge in [0.25, 0.3) is 11.8 Å². The first-order chi connectivity index (χ1) is 9.60. The van der Waals surface area contributed by atoms with Gasteiger partial charge in [-0.3, -0.25) is 14.5 Å². The summed E-state index contributed by atoms with van der Waals surface area (Å²) in [6.45, 7) is 1.88. The van der Waals surface area contributed by atoms with E-state index in [9.17, 15) is 14.4 Å². The molecule has 0 aliphatic carbocycles. The number of hydrogen-bond acceptors (Lipinski definition) is 4. The van der Waals surface area contributed by atoms with Crippen molar-refractivity contribution in [3.63, 3.8) is 0 Å². The summed E-state index contributed by atoms with van der Waals surface area (Å²) in [4.78, 5) is 36.8. The Balaban J connectivity index is 2.21. The van der Waals surface area contributed by atoms with E-state index < -0.39 is 5.97 Å². The molecule has 20 heavy (non-hydrogen) atoms. The third-order valence-electron chi connectivity index (χ3n) is 3.23. The molecule has 1 aliphatic rings. The fraction of sp³-hybridized carbons (Fsp3) is 0.267. The van der Waals surface area contributed by atoms with Gasteiger partial charge in [-0.05, 0) is 18.6 Å². The van der Waals surface area contributed by atoms with E-state index in [1.54, 1.807) is 30.3 Å². The summed E-state index contributed by atoms with van der Waals surface area (Å²) in [5, 5.41) is 0. The zero-order valence-corrected chi connectivity index (χ0v) is 11.4. The Kier molecular flexibility index (Phi) is 3.98. The van der Waals surface area contributed by atoms with Crippen LogP contribution in [0.2, 0.25) is 0 Å². The number of rotatable bonds is 4. The van der Waals surface area contributed by atoms with Crippen LogP contribution in [0.25, 0.3) is 0 Å². The highest BCUT2D eigenvalue weighted by Gasteiger charge is 2.34. The standard InChI is InChI=1S/C15H15NO4/c1-3-10(15(19)20-2)8-9-16-13(17)11-6-4-5-7-12(11)14(16)18/h4-8H,3,9H2,1-2H3/b10-8-. The van der Waals surface area contributed by atoms with Crippen molar-refractivity contribution in [2.45, 2.75) is 13.3 Å². The number of imide groups is 1. The number of methoxy groups -OCH3 is 1. The lowest BCUT2D eigenvalue weighted by Gasteiger charge is -2.11. The second kappa shape index (κ2) is 5.69. The number of fused-ring (bicyclic) bond motifs is 1. The van der Waals surface area contributed by atoms with E-state index in [1.165, 1.54) is 7.11 Å². The minimum absolute atomic E-state index is 0.0740. The van der Waals surface area contributed by atoms with Crippen molar-refractivity contribution in [2.24, 2.45) is 0 Å². The largest absolute Gasteiger partial charge is 0.466 e. The molecule has 0 radical (unpaired) electrons. The van der Waals surface area contributed by atoms with Crippen molar-refractivity contribution < 1.29 is 19.1 Å². The molecule has 5 nitrogen and oxygen atoms in total. The van der Waals surface area contributed by atoms with Crippen LogP contribution in [-0.4, -0.2) is 36.3 Å². The fourth-order valence-corrected chi connectivity index (χ4v) is 2.11. The van der Waals surface area contributed by atoms with Crippen molar-refractivity contribution in [1.82, 2.24) is 4.90 Å². The molecule has 1 aromatic rings. The maximum atomic E-state index is 12.1. The van der Waals surface area contributed by atoms with Gasteiger partial charge in [-0.1, -0.05) is 25.1 Å². The summed E-state index contributed by atoms with van der Waals surface area (Å²) < 4.78 is 4.64. The number of carbonyl (C=O) groups is 3. The Labute approximate surface area is 116 Å². The van der Waals surface area contributed by atoms with Gasteiger partial charge in [-0.2, -0.15) is 0 Å². The van der Waals surface area contributed by atoms with E-state index in [1.807, 2.05) is 6.92 Å². The van der Waals surface area contributed by atoms with Crippen molar-refractivity contribution in [3.05, 3.63) is 47.0 Å². The van der Waals surface area contributed by atoms with Crippen LogP contribution in [0.5, 0.6) is 0 Å². The predicted octanol–water partition coefficient (Wildman–Crippen LogP) is 1.79. The molecule has 0 aromatic heterocycles. The summed E-state index contributed by atoms with van der Waals surface area (Å²) in [6, 6.07) is 6.69. The fourth-order valence-electron chi connectivity index (χ4n) is 2.11. The van der Waals surface area contributed by atoms with Crippen LogP contribution < -0.4 is 0 Å². The van der Waals surface area contributed by atoms with Crippen LogP contribution in [0.15, 0.2) is 35.9 Å². The van der Waals surface area contributed by atoms with E-state index in [0.717, 1.165) is 4.90 Å². The number of nitrogens with zero attached hydrogens (tertiary/aromatic N) is 1. The molecule has 0 saturated carbocycles. The van der Waals surface area contributed by atoms with Crippen molar-refractivity contribution >= 4 is 17.8 Å². The SMILES string of the molecule is CC/C(=C/CN1C(=O)c2ccccc2C1=O)C(=O)OC. The molecule has 1 aliphatic heterocycles. The maximum absolute atomic E-state index is 12.1. The quantitative estimate of drug-likeness (QED) is 0.476. The molecule has 2 amide bonds. The third-order valence-corrected chi connectivity index (χ3v) is 3.23. The Bertz CT molecular complexity index is 569. The normalized spacial score (nSPS) is 14.5. The Morgan fingerprint density at radius 1 is 1.20 bits per heavy atom. The molecule has 2 rings (SSSR count). The van der Waals surface area contributed by atoms with Crippen LogP contribution in [0.1, 0.15) is 34.1 Å². The van der Waals surface area contributed by atoms with E-state index >= 15 is 0 Å². The number of carbonyl (C=O) groups excluding carboxylic acids is 3. The highest BCUT2D eigenvalue weighted by atomic mass is 16.5. The summed E-state index contributed by atoms with van der Waals surface area (Å²) in [7, 11) is 1.30. The highest BCUT2D eigenvalue weighted by Crippen LogP contribution is 2.22. The Hall–Kier alpha value is -2.43. The van der Waals surface area contributed by atoms with E-state index in [4.69, 9.17) is 0 Å². The van der Waals surface area contributed by atoms with Gasteiger partial charge in [0.1, 0.15) is 0 Å². The van der Waals surface area contributed by atoms with Gasteiger partial charge in [-0.25, -0.2) is 4.79 Å². The lowest BCUT2D eigenvalue weighted by atomic mass is 10.1. The summed E-state index contributed by atoms with van der Waals surface area (Å²) in [5.41, 5.74) is 1.26. The molecular weight excluding hydrogens is 258 g/mol. The molecule has 0 N–H and O–H groups in total. The zero-order chi connectivity index (χ0) is 14.7. The molecular formula is C15H15NO4. The van der Waals surface area contributed by atoms with Crippen molar-refractivity contribution in [1.29, 1.82) is 0 Å². The van der Waals surface area contributed by atoms with Gasteiger partial charge >= 0.3 is 5.97 Å². The molecule has 0 unspecified atom stereocenters. The Morgan fingerprint density at radius 3 is 2.20 bits per heavy atom. The minimum atomic E-state index is -0.441. The van der Waals surface area contributed by atoms with Crippen LogP contribution in [-0.2, 0) is 9.53 Å². The zero-order valence-electron chi connectivity index (χ0n) is 11.4. The number of benzene rings is 1. The average molecular weight is 273 g/mol. The first-order valence-electron chi connectivity index (χ1n) is 6.32. The predicted molar refractivity (Wildman–Crippen MR) is 72.2 cm³/mol. The van der Waals surface area contributed by atoms with Gasteiger partial charge in [0.05, 0.1) is 18.2 Å². The lowest BCUT2D eigenvalue weighted by Crippen LogP contribution is -2.30. The molecule has 104 valence electrons. The highest BCUT2D eigenvalue weighted by molar-refractivity contribution is 6.21. The molecule has 5 heteroatoms. The van der Waals surface area contributed by atoms with E-state index in [0.29, 0.717) is 23.1 Å². The smallest absolute Gasteiger partial charge is 0.333 e. The van der Waals surface area contributed by atoms with E-state index in [2.05, 4.69) is 4.74 Å².